The number of alkyl halides is 3. The molecular weight excluding hydrogens is 519 g/mol. The summed E-state index contributed by atoms with van der Waals surface area (Å²) in [6.45, 7) is 0. The van der Waals surface area contributed by atoms with Crippen LogP contribution in [-0.2, 0) is 0 Å². The SMILES string of the molecule is O=C(NC(C1CC1)(C1CC1)C(F)(F)F)c1cn(-c2c(F)cc(F)cc2F)c2nc(Cl)c(F)cc2c1=O. The van der Waals surface area contributed by atoms with Crippen molar-refractivity contribution in [2.24, 2.45) is 11.8 Å². The molecule has 2 saturated carbocycles. The number of benzene rings is 1. The Morgan fingerprint density at radius 2 is 1.53 bits per heavy atom. The molecular formula is C23H15ClF7N3O2. The zero-order valence-electron chi connectivity index (χ0n) is 18.0. The first-order chi connectivity index (χ1) is 16.8. The number of hydrogen-bond acceptors (Lipinski definition) is 3. The van der Waals surface area contributed by atoms with E-state index in [1.54, 1.807) is 0 Å². The van der Waals surface area contributed by atoms with E-state index in [1.165, 1.54) is 0 Å². The maximum atomic E-state index is 14.6. The summed E-state index contributed by atoms with van der Waals surface area (Å²) < 4.78 is 100. The Balaban J connectivity index is 1.73. The first-order valence-corrected chi connectivity index (χ1v) is 11.2. The fraction of sp³-hybridized carbons (Fsp3) is 0.348. The van der Waals surface area contributed by atoms with Gasteiger partial charge in [-0.15, -0.1) is 0 Å². The van der Waals surface area contributed by atoms with E-state index in [9.17, 15) is 40.3 Å². The van der Waals surface area contributed by atoms with Crippen molar-refractivity contribution >= 4 is 28.5 Å². The van der Waals surface area contributed by atoms with Gasteiger partial charge in [-0.05, 0) is 43.6 Å². The van der Waals surface area contributed by atoms with Crippen molar-refractivity contribution in [2.75, 3.05) is 0 Å². The van der Waals surface area contributed by atoms with Crippen LogP contribution in [0, 0.1) is 35.1 Å². The largest absolute Gasteiger partial charge is 0.412 e. The van der Waals surface area contributed by atoms with E-state index in [4.69, 9.17) is 11.6 Å². The molecule has 0 radical (unpaired) electrons. The zero-order valence-corrected chi connectivity index (χ0v) is 18.8. The lowest BCUT2D eigenvalue weighted by atomic mass is 9.86. The van der Waals surface area contributed by atoms with Crippen molar-refractivity contribution in [1.29, 1.82) is 0 Å². The van der Waals surface area contributed by atoms with Crippen LogP contribution in [-0.4, -0.2) is 27.2 Å². The van der Waals surface area contributed by atoms with Gasteiger partial charge in [-0.3, -0.25) is 14.2 Å². The van der Waals surface area contributed by atoms with Crippen LogP contribution >= 0.6 is 11.6 Å². The number of halogens is 8. The van der Waals surface area contributed by atoms with Crippen LogP contribution < -0.4 is 10.7 Å². The molecule has 2 fully saturated rings. The van der Waals surface area contributed by atoms with Gasteiger partial charge < -0.3 is 5.32 Å². The van der Waals surface area contributed by atoms with E-state index in [2.05, 4.69) is 4.98 Å². The summed E-state index contributed by atoms with van der Waals surface area (Å²) in [7, 11) is 0. The molecule has 5 rings (SSSR count). The summed E-state index contributed by atoms with van der Waals surface area (Å²) in [5, 5.41) is 0.534. The molecule has 5 nitrogen and oxygen atoms in total. The van der Waals surface area contributed by atoms with Crippen molar-refractivity contribution in [3.05, 3.63) is 68.6 Å². The molecule has 0 spiro atoms. The van der Waals surface area contributed by atoms with Crippen LogP contribution in [0.1, 0.15) is 36.0 Å². The predicted octanol–water partition coefficient (Wildman–Crippen LogP) is 5.45. The van der Waals surface area contributed by atoms with E-state index >= 15 is 0 Å². The Morgan fingerprint density at radius 3 is 2.03 bits per heavy atom. The number of carbonyl (C=O) groups is 1. The van der Waals surface area contributed by atoms with Crippen LogP contribution in [0.5, 0.6) is 0 Å². The van der Waals surface area contributed by atoms with Gasteiger partial charge in [-0.2, -0.15) is 13.2 Å². The summed E-state index contributed by atoms with van der Waals surface area (Å²) in [6.07, 6.45) is -3.37. The number of pyridine rings is 2. The molecule has 2 heterocycles. The van der Waals surface area contributed by atoms with Crippen LogP contribution in [0.15, 0.2) is 29.2 Å². The third-order valence-electron chi connectivity index (χ3n) is 6.59. The molecule has 1 amide bonds. The third kappa shape index (κ3) is 3.82. The number of fused-ring (bicyclic) bond motifs is 1. The van der Waals surface area contributed by atoms with Gasteiger partial charge in [0.2, 0.25) is 5.43 Å². The molecule has 190 valence electrons. The van der Waals surface area contributed by atoms with E-state index in [0.717, 1.165) is 0 Å². The maximum absolute atomic E-state index is 14.6. The number of aromatic nitrogens is 2. The molecule has 0 unspecified atom stereocenters. The predicted molar refractivity (Wildman–Crippen MR) is 114 cm³/mol. The highest BCUT2D eigenvalue weighted by atomic mass is 35.5. The molecule has 2 aliphatic rings. The molecule has 0 bridgehead atoms. The molecule has 3 aromatic rings. The van der Waals surface area contributed by atoms with Crippen molar-refractivity contribution in [1.82, 2.24) is 14.9 Å². The second-order valence-electron chi connectivity index (χ2n) is 8.96. The van der Waals surface area contributed by atoms with Gasteiger partial charge in [0.15, 0.2) is 28.3 Å². The van der Waals surface area contributed by atoms with Gasteiger partial charge in [0.25, 0.3) is 5.91 Å². The van der Waals surface area contributed by atoms with Crippen molar-refractivity contribution in [2.45, 2.75) is 37.4 Å². The van der Waals surface area contributed by atoms with Crippen LogP contribution in [0.3, 0.4) is 0 Å². The quantitative estimate of drug-likeness (QED) is 0.351. The third-order valence-corrected chi connectivity index (χ3v) is 6.85. The van der Waals surface area contributed by atoms with E-state index in [1.807, 2.05) is 5.32 Å². The molecule has 0 aliphatic heterocycles. The minimum atomic E-state index is -4.84. The normalized spacial score (nSPS) is 16.4. The Kier molecular flexibility index (Phi) is 5.58. The second kappa shape index (κ2) is 8.19. The lowest BCUT2D eigenvalue weighted by Crippen LogP contribution is -2.62. The lowest BCUT2D eigenvalue weighted by Gasteiger charge is -2.37. The van der Waals surface area contributed by atoms with E-state index < -0.39 is 85.6 Å². The average molecular weight is 534 g/mol. The van der Waals surface area contributed by atoms with Gasteiger partial charge in [-0.25, -0.2) is 22.5 Å². The summed E-state index contributed by atoms with van der Waals surface area (Å²) >= 11 is 5.67. The number of hydrogen-bond donors (Lipinski definition) is 1. The summed E-state index contributed by atoms with van der Waals surface area (Å²) in [4.78, 5) is 29.9. The fourth-order valence-electron chi connectivity index (χ4n) is 4.70. The van der Waals surface area contributed by atoms with E-state index in [0.29, 0.717) is 29.0 Å². The molecule has 13 heteroatoms. The second-order valence-corrected chi connectivity index (χ2v) is 9.32. The smallest absolute Gasteiger partial charge is 0.337 e. The standard InChI is InChI=1S/C23H15ClF7N3O2/c24-19-16(28)7-12-18(35)13(8-34(20(12)32-19)17-14(26)5-11(25)6-15(17)27)21(36)33-22(9-1-2-9,10-3-4-10)23(29,30)31/h5-10H,1-4H2,(H,33,36). The highest BCUT2D eigenvalue weighted by Gasteiger charge is 2.69. The molecule has 2 aliphatic carbocycles. The minimum Gasteiger partial charge on any atom is -0.337 e. The number of carbonyl (C=O) groups excluding carboxylic acids is 1. The minimum absolute atomic E-state index is 0.220. The van der Waals surface area contributed by atoms with Crippen molar-refractivity contribution in [3.63, 3.8) is 0 Å². The maximum Gasteiger partial charge on any atom is 0.412 e. The molecule has 36 heavy (non-hydrogen) atoms. The molecule has 1 aromatic carbocycles. The molecule has 2 aromatic heterocycles. The lowest BCUT2D eigenvalue weighted by molar-refractivity contribution is -0.207. The van der Waals surface area contributed by atoms with E-state index in [-0.39, 0.29) is 25.7 Å². The Labute approximate surface area is 202 Å². The number of rotatable bonds is 5. The Bertz CT molecular complexity index is 1440. The summed E-state index contributed by atoms with van der Waals surface area (Å²) in [6, 6.07) is 1.17. The monoisotopic (exact) mass is 533 g/mol. The highest BCUT2D eigenvalue weighted by Crippen LogP contribution is 2.58. The number of amides is 1. The van der Waals surface area contributed by atoms with Crippen molar-refractivity contribution < 1.29 is 35.5 Å². The van der Waals surface area contributed by atoms with Gasteiger partial charge in [0, 0.05) is 18.3 Å². The topological polar surface area (TPSA) is 64.0 Å². The highest BCUT2D eigenvalue weighted by molar-refractivity contribution is 6.29. The van der Waals surface area contributed by atoms with Gasteiger partial charge >= 0.3 is 6.18 Å². The summed E-state index contributed by atoms with van der Waals surface area (Å²) in [5.41, 5.74) is -6.35. The van der Waals surface area contributed by atoms with Gasteiger partial charge in [-0.1, -0.05) is 11.6 Å². The molecule has 0 atom stereocenters. The first kappa shape index (κ1) is 24.5. The molecule has 0 saturated heterocycles. The van der Waals surface area contributed by atoms with Gasteiger partial charge in [0.05, 0.1) is 5.39 Å². The Hall–Kier alpha value is -3.15. The van der Waals surface area contributed by atoms with Crippen LogP contribution in [0.4, 0.5) is 30.7 Å². The van der Waals surface area contributed by atoms with Crippen molar-refractivity contribution in [3.8, 4) is 5.69 Å². The Morgan fingerprint density at radius 1 is 0.972 bits per heavy atom. The average Bonchev–Trinajstić information content (AvgIpc) is 3.66. The summed E-state index contributed by atoms with van der Waals surface area (Å²) in [5.74, 6) is -8.68. The van der Waals surface area contributed by atoms with Crippen LogP contribution in [0.2, 0.25) is 5.15 Å². The zero-order chi connectivity index (χ0) is 26.2. The van der Waals surface area contributed by atoms with Gasteiger partial charge in [0.1, 0.15) is 22.6 Å². The first-order valence-electron chi connectivity index (χ1n) is 10.8. The number of nitrogens with one attached hydrogen (secondary N) is 1. The molecule has 1 N–H and O–H groups in total. The fourth-order valence-corrected chi connectivity index (χ4v) is 4.84. The van der Waals surface area contributed by atoms with Crippen LogP contribution in [0.25, 0.3) is 16.7 Å². The number of nitrogens with zero attached hydrogens (tertiary/aromatic N) is 2.